The van der Waals surface area contributed by atoms with E-state index in [1.807, 2.05) is 0 Å². The van der Waals surface area contributed by atoms with Crippen LogP contribution in [0, 0.1) is 0 Å². The molecule has 11 aromatic carbocycles. The number of hydrogen-bond donors (Lipinski definition) is 0. The fourth-order valence-corrected chi connectivity index (χ4v) is 10.9. The van der Waals surface area contributed by atoms with E-state index in [1.54, 1.807) is 0 Å². The number of fused-ring (bicyclic) bond motifs is 8. The molecule has 0 amide bonds. The van der Waals surface area contributed by atoms with Crippen molar-refractivity contribution in [1.29, 1.82) is 0 Å². The maximum absolute atomic E-state index is 2.47. The van der Waals surface area contributed by atoms with E-state index in [-0.39, 0.29) is 0 Å². The second kappa shape index (κ2) is 14.8. The third-order valence-electron chi connectivity index (χ3n) is 13.8. The zero-order valence-electron chi connectivity index (χ0n) is 35.6. The van der Waals surface area contributed by atoms with E-state index in [0.717, 1.165) is 22.7 Å². The molecule has 0 N–H and O–H groups in total. The van der Waals surface area contributed by atoms with Gasteiger partial charge in [-0.15, -0.1) is 0 Å². The topological polar surface area (TPSA) is 8.17 Å². The first-order valence-electron chi connectivity index (χ1n) is 22.5. The third-order valence-corrected chi connectivity index (χ3v) is 13.8. The molecule has 304 valence electrons. The van der Waals surface area contributed by atoms with E-state index in [2.05, 4.69) is 264 Å². The number of nitrogens with zero attached hydrogens (tertiary/aromatic N) is 2. The highest BCUT2D eigenvalue weighted by Crippen LogP contribution is 2.58. The van der Waals surface area contributed by atoms with Crippen LogP contribution in [0.5, 0.6) is 0 Å². The second-order valence-corrected chi connectivity index (χ2v) is 17.3. The number of hydrogen-bond acceptors (Lipinski definition) is 1. The van der Waals surface area contributed by atoms with Crippen molar-refractivity contribution in [1.82, 2.24) is 4.57 Å². The van der Waals surface area contributed by atoms with Gasteiger partial charge in [-0.3, -0.25) is 0 Å². The molecule has 0 unspecified atom stereocenters. The number of para-hydroxylation sites is 2. The van der Waals surface area contributed by atoms with E-state index in [0.29, 0.717) is 0 Å². The first-order chi connectivity index (χ1) is 32.2. The van der Waals surface area contributed by atoms with Gasteiger partial charge in [0.05, 0.1) is 16.4 Å². The van der Waals surface area contributed by atoms with Gasteiger partial charge in [0, 0.05) is 33.5 Å². The molecule has 12 aromatic rings. The predicted molar refractivity (Wildman–Crippen MR) is 273 cm³/mol. The zero-order valence-corrected chi connectivity index (χ0v) is 35.6. The van der Waals surface area contributed by atoms with Crippen LogP contribution >= 0.6 is 0 Å². The SMILES string of the molecule is c1ccc(-n2c3ccccc3c3ccc(-c4ccc(N(c5ccc6c(c5)C(c5ccccc5)(c5ccccc5)c5cc7ccccc7cc5-6)c5ccc6ccccc6c5)cc4)cc32)cc1. The molecule has 0 atom stereocenters. The Balaban J connectivity index is 1.01. The molecule has 0 spiro atoms. The van der Waals surface area contributed by atoms with Gasteiger partial charge in [-0.1, -0.05) is 182 Å². The summed E-state index contributed by atoms with van der Waals surface area (Å²) in [6.45, 7) is 0. The highest BCUT2D eigenvalue weighted by Gasteiger charge is 2.46. The Morgan fingerprint density at radius 2 is 0.831 bits per heavy atom. The normalized spacial score (nSPS) is 12.7. The summed E-state index contributed by atoms with van der Waals surface area (Å²) in [4.78, 5) is 2.44. The van der Waals surface area contributed by atoms with Crippen LogP contribution < -0.4 is 4.90 Å². The van der Waals surface area contributed by atoms with Crippen LogP contribution in [-0.4, -0.2) is 4.57 Å². The highest BCUT2D eigenvalue weighted by molar-refractivity contribution is 6.10. The van der Waals surface area contributed by atoms with Crippen molar-refractivity contribution in [2.24, 2.45) is 0 Å². The van der Waals surface area contributed by atoms with Gasteiger partial charge in [0.15, 0.2) is 0 Å². The predicted octanol–water partition coefficient (Wildman–Crippen LogP) is 16.6. The van der Waals surface area contributed by atoms with Crippen molar-refractivity contribution in [3.8, 4) is 27.9 Å². The molecule has 2 heteroatoms. The van der Waals surface area contributed by atoms with Gasteiger partial charge >= 0.3 is 0 Å². The van der Waals surface area contributed by atoms with Crippen LogP contribution in [0.4, 0.5) is 17.1 Å². The molecule has 1 aliphatic carbocycles. The molecule has 65 heavy (non-hydrogen) atoms. The molecule has 1 aliphatic rings. The molecule has 0 saturated carbocycles. The first-order valence-corrected chi connectivity index (χ1v) is 22.5. The zero-order chi connectivity index (χ0) is 42.9. The van der Waals surface area contributed by atoms with E-state index in [1.165, 1.54) is 87.9 Å². The summed E-state index contributed by atoms with van der Waals surface area (Å²) in [6, 6.07) is 94.0. The largest absolute Gasteiger partial charge is 0.310 e. The summed E-state index contributed by atoms with van der Waals surface area (Å²) >= 11 is 0. The Kier molecular flexibility index (Phi) is 8.47. The summed E-state index contributed by atoms with van der Waals surface area (Å²) in [7, 11) is 0. The Morgan fingerprint density at radius 1 is 0.308 bits per heavy atom. The fourth-order valence-electron chi connectivity index (χ4n) is 10.9. The van der Waals surface area contributed by atoms with Gasteiger partial charge < -0.3 is 9.47 Å². The van der Waals surface area contributed by atoms with Crippen molar-refractivity contribution >= 4 is 60.4 Å². The lowest BCUT2D eigenvalue weighted by Gasteiger charge is -2.35. The molecule has 13 rings (SSSR count). The molecule has 0 aliphatic heterocycles. The number of anilines is 3. The Morgan fingerprint density at radius 3 is 1.55 bits per heavy atom. The maximum Gasteiger partial charge on any atom is 0.0714 e. The Hall–Kier alpha value is -8.46. The average molecular weight is 827 g/mol. The molecule has 1 aromatic heterocycles. The summed E-state index contributed by atoms with van der Waals surface area (Å²) in [5, 5.41) is 7.43. The van der Waals surface area contributed by atoms with Gasteiger partial charge in [-0.25, -0.2) is 0 Å². The van der Waals surface area contributed by atoms with Crippen molar-refractivity contribution < 1.29 is 0 Å². The van der Waals surface area contributed by atoms with Crippen LogP contribution in [0.3, 0.4) is 0 Å². The van der Waals surface area contributed by atoms with Crippen molar-refractivity contribution in [2.45, 2.75) is 5.41 Å². The summed E-state index contributed by atoms with van der Waals surface area (Å²) in [5.74, 6) is 0. The van der Waals surface area contributed by atoms with Gasteiger partial charge in [0.2, 0.25) is 0 Å². The van der Waals surface area contributed by atoms with Crippen molar-refractivity contribution in [3.05, 3.63) is 277 Å². The Labute approximate surface area is 378 Å². The Bertz CT molecular complexity index is 3720. The molecule has 0 bridgehead atoms. The maximum atomic E-state index is 2.47. The lowest BCUT2D eigenvalue weighted by Crippen LogP contribution is -2.28. The fraction of sp³-hybridized carbons (Fsp3) is 0.0159. The molecular formula is C63H42N2. The summed E-state index contributed by atoms with van der Waals surface area (Å²) in [6.07, 6.45) is 0. The third kappa shape index (κ3) is 5.81. The summed E-state index contributed by atoms with van der Waals surface area (Å²) in [5.41, 5.74) is 16.3. The lowest BCUT2D eigenvalue weighted by atomic mass is 9.67. The van der Waals surface area contributed by atoms with E-state index in [9.17, 15) is 0 Å². The van der Waals surface area contributed by atoms with E-state index < -0.39 is 5.41 Å². The smallest absolute Gasteiger partial charge is 0.0714 e. The van der Waals surface area contributed by atoms with Crippen LogP contribution in [0.1, 0.15) is 22.3 Å². The molecule has 2 nitrogen and oxygen atoms in total. The second-order valence-electron chi connectivity index (χ2n) is 17.3. The summed E-state index contributed by atoms with van der Waals surface area (Å²) < 4.78 is 2.39. The van der Waals surface area contributed by atoms with E-state index in [4.69, 9.17) is 0 Å². The van der Waals surface area contributed by atoms with Crippen LogP contribution in [0.2, 0.25) is 0 Å². The van der Waals surface area contributed by atoms with Crippen LogP contribution in [0.25, 0.3) is 71.3 Å². The van der Waals surface area contributed by atoms with Gasteiger partial charge in [-0.2, -0.15) is 0 Å². The van der Waals surface area contributed by atoms with Gasteiger partial charge in [-0.05, 0) is 139 Å². The standard InChI is InChI=1S/C63H42N2/c1-4-20-49(21-5-1)63(50-22-6-2-7-23-50)59-40-47-19-13-12-18-46(47)39-58(59)55-37-35-54(42-60(55)63)64(53-34-30-43-16-10-11-17-45(43)38-53)52-32-28-44(29-33-52)48-31-36-57-56-26-14-15-27-61(56)65(62(57)41-48)51-24-8-3-9-25-51/h1-42H. The molecule has 1 heterocycles. The molecule has 0 fully saturated rings. The van der Waals surface area contributed by atoms with Crippen molar-refractivity contribution in [3.63, 3.8) is 0 Å². The van der Waals surface area contributed by atoms with Crippen molar-refractivity contribution in [2.75, 3.05) is 4.90 Å². The molecule has 0 radical (unpaired) electrons. The number of benzene rings is 11. The van der Waals surface area contributed by atoms with Gasteiger partial charge in [0.1, 0.15) is 0 Å². The minimum absolute atomic E-state index is 0.549. The highest BCUT2D eigenvalue weighted by atomic mass is 15.1. The molecular weight excluding hydrogens is 785 g/mol. The number of rotatable bonds is 7. The quantitative estimate of drug-likeness (QED) is 0.155. The average Bonchev–Trinajstić information content (AvgIpc) is 3.86. The van der Waals surface area contributed by atoms with Gasteiger partial charge in [0.25, 0.3) is 0 Å². The molecule has 0 saturated heterocycles. The van der Waals surface area contributed by atoms with Crippen LogP contribution in [0.15, 0.2) is 255 Å². The van der Waals surface area contributed by atoms with E-state index >= 15 is 0 Å². The monoisotopic (exact) mass is 826 g/mol. The minimum Gasteiger partial charge on any atom is -0.310 e. The van der Waals surface area contributed by atoms with Crippen LogP contribution in [-0.2, 0) is 5.41 Å². The number of aromatic nitrogens is 1. The first kappa shape index (κ1) is 37.1. The lowest BCUT2D eigenvalue weighted by molar-refractivity contribution is 0.769. The minimum atomic E-state index is -0.549.